The van der Waals surface area contributed by atoms with E-state index in [0.717, 1.165) is 0 Å². The van der Waals surface area contributed by atoms with Crippen LogP contribution in [0.1, 0.15) is 0 Å². The van der Waals surface area contributed by atoms with Gasteiger partial charge in [-0.05, 0) is 24.3 Å². The standard InChI is InChI=1S/C17H8Cl6N2/c18-7-1-11(20)15(12(21)2-7)9-5-25-6-10(17(9)24)16-13(22)3-8(19)4-14(16)23/h1-6H,(H2,24,25). The molecule has 0 unspecified atom stereocenters. The molecule has 3 rings (SSSR count). The van der Waals surface area contributed by atoms with E-state index < -0.39 is 0 Å². The van der Waals surface area contributed by atoms with E-state index in [1.165, 1.54) is 0 Å². The Labute approximate surface area is 174 Å². The molecule has 1 heterocycles. The summed E-state index contributed by atoms with van der Waals surface area (Å²) in [4.78, 5) is 4.23. The molecule has 128 valence electrons. The van der Waals surface area contributed by atoms with Crippen molar-refractivity contribution in [2.24, 2.45) is 0 Å². The van der Waals surface area contributed by atoms with Gasteiger partial charge in [0, 0.05) is 44.7 Å². The first-order chi connectivity index (χ1) is 11.8. The van der Waals surface area contributed by atoms with Crippen molar-refractivity contribution in [2.45, 2.75) is 0 Å². The summed E-state index contributed by atoms with van der Waals surface area (Å²) in [6.07, 6.45) is 3.13. The van der Waals surface area contributed by atoms with Crippen LogP contribution in [0, 0.1) is 0 Å². The molecular formula is C17H8Cl6N2. The van der Waals surface area contributed by atoms with Crippen LogP contribution in [0.25, 0.3) is 22.3 Å². The molecule has 0 atom stereocenters. The van der Waals surface area contributed by atoms with Crippen molar-refractivity contribution in [2.75, 3.05) is 5.73 Å². The second kappa shape index (κ2) is 7.40. The van der Waals surface area contributed by atoms with Crippen LogP contribution in [0.15, 0.2) is 36.7 Å². The molecule has 0 radical (unpaired) electrons. The van der Waals surface area contributed by atoms with Gasteiger partial charge in [-0.3, -0.25) is 4.98 Å². The third-order valence-corrected chi connectivity index (χ3v) is 5.17. The summed E-state index contributed by atoms with van der Waals surface area (Å²) in [6, 6.07) is 6.33. The van der Waals surface area contributed by atoms with Crippen molar-refractivity contribution in [3.8, 4) is 22.3 Å². The van der Waals surface area contributed by atoms with E-state index in [1.807, 2.05) is 0 Å². The monoisotopic (exact) mass is 450 g/mol. The van der Waals surface area contributed by atoms with Gasteiger partial charge in [-0.15, -0.1) is 0 Å². The predicted octanol–water partition coefficient (Wildman–Crippen LogP) is 7.92. The zero-order chi connectivity index (χ0) is 18.3. The fourth-order valence-electron chi connectivity index (χ4n) is 2.47. The Morgan fingerprint density at radius 1 is 0.600 bits per heavy atom. The van der Waals surface area contributed by atoms with Crippen LogP contribution in [0.5, 0.6) is 0 Å². The van der Waals surface area contributed by atoms with Crippen molar-refractivity contribution >= 4 is 75.3 Å². The zero-order valence-electron chi connectivity index (χ0n) is 12.3. The van der Waals surface area contributed by atoms with Crippen LogP contribution in [0.2, 0.25) is 30.1 Å². The molecule has 2 N–H and O–H groups in total. The van der Waals surface area contributed by atoms with Gasteiger partial charge in [-0.25, -0.2) is 0 Å². The normalized spacial score (nSPS) is 11.0. The maximum Gasteiger partial charge on any atom is 0.0515 e. The summed E-state index contributed by atoms with van der Waals surface area (Å²) in [7, 11) is 0. The number of rotatable bonds is 2. The molecule has 3 aromatic rings. The maximum atomic E-state index is 6.36. The second-order valence-electron chi connectivity index (χ2n) is 5.14. The highest BCUT2D eigenvalue weighted by molar-refractivity contribution is 6.43. The van der Waals surface area contributed by atoms with Crippen LogP contribution >= 0.6 is 69.6 Å². The minimum absolute atomic E-state index is 0.358. The summed E-state index contributed by atoms with van der Waals surface area (Å²) >= 11 is 37.1. The Morgan fingerprint density at radius 2 is 0.920 bits per heavy atom. The van der Waals surface area contributed by atoms with Crippen LogP contribution in [-0.4, -0.2) is 4.98 Å². The first-order valence-electron chi connectivity index (χ1n) is 6.83. The largest absolute Gasteiger partial charge is 0.398 e. The molecule has 0 aliphatic rings. The summed E-state index contributed by atoms with van der Waals surface area (Å²) in [6.45, 7) is 0. The Kier molecular flexibility index (Phi) is 5.60. The molecule has 0 amide bonds. The van der Waals surface area contributed by atoms with Crippen LogP contribution < -0.4 is 5.73 Å². The molecule has 0 fully saturated rings. The number of benzene rings is 2. The highest BCUT2D eigenvalue weighted by Gasteiger charge is 2.19. The molecule has 0 aliphatic carbocycles. The number of hydrogen-bond acceptors (Lipinski definition) is 2. The fraction of sp³-hybridized carbons (Fsp3) is 0. The van der Waals surface area contributed by atoms with Gasteiger partial charge in [0.15, 0.2) is 0 Å². The molecule has 0 bridgehead atoms. The number of pyridine rings is 1. The van der Waals surface area contributed by atoms with Crippen LogP contribution in [0.4, 0.5) is 5.69 Å². The molecule has 0 spiro atoms. The first kappa shape index (κ1) is 18.9. The van der Waals surface area contributed by atoms with Crippen molar-refractivity contribution in [3.05, 3.63) is 66.8 Å². The van der Waals surface area contributed by atoms with Crippen molar-refractivity contribution in [1.82, 2.24) is 4.98 Å². The van der Waals surface area contributed by atoms with Gasteiger partial charge in [0.25, 0.3) is 0 Å². The smallest absolute Gasteiger partial charge is 0.0515 e. The number of nitrogen functional groups attached to an aromatic ring is 1. The van der Waals surface area contributed by atoms with E-state index in [0.29, 0.717) is 58.1 Å². The number of aromatic nitrogens is 1. The molecule has 25 heavy (non-hydrogen) atoms. The highest BCUT2D eigenvalue weighted by atomic mass is 35.5. The SMILES string of the molecule is Nc1c(-c2c(Cl)cc(Cl)cc2Cl)cncc1-c1c(Cl)cc(Cl)cc1Cl. The van der Waals surface area contributed by atoms with Crippen LogP contribution in [-0.2, 0) is 0 Å². The highest BCUT2D eigenvalue weighted by Crippen LogP contribution is 2.45. The lowest BCUT2D eigenvalue weighted by Gasteiger charge is -2.15. The molecule has 2 aromatic carbocycles. The Bertz CT molecular complexity index is 865. The molecule has 1 aromatic heterocycles. The average Bonchev–Trinajstić information content (AvgIpc) is 2.48. The molecule has 0 aliphatic heterocycles. The van der Waals surface area contributed by atoms with Gasteiger partial charge in [-0.2, -0.15) is 0 Å². The molecular weight excluding hydrogens is 445 g/mol. The van der Waals surface area contributed by atoms with E-state index in [9.17, 15) is 0 Å². The van der Waals surface area contributed by atoms with Gasteiger partial charge in [0.2, 0.25) is 0 Å². The van der Waals surface area contributed by atoms with E-state index in [1.54, 1.807) is 36.7 Å². The van der Waals surface area contributed by atoms with Crippen molar-refractivity contribution in [1.29, 1.82) is 0 Å². The summed E-state index contributed by atoms with van der Waals surface area (Å²) in [5, 5.41) is 2.27. The second-order valence-corrected chi connectivity index (χ2v) is 7.64. The molecule has 8 heteroatoms. The van der Waals surface area contributed by atoms with Gasteiger partial charge in [-0.1, -0.05) is 69.6 Å². The van der Waals surface area contributed by atoms with E-state index >= 15 is 0 Å². The minimum Gasteiger partial charge on any atom is -0.398 e. The lowest BCUT2D eigenvalue weighted by Crippen LogP contribution is -1.98. The number of nitrogens with two attached hydrogens (primary N) is 1. The lowest BCUT2D eigenvalue weighted by molar-refractivity contribution is 1.33. The molecule has 0 saturated heterocycles. The summed E-state index contributed by atoms with van der Waals surface area (Å²) < 4.78 is 0. The third-order valence-electron chi connectivity index (χ3n) is 3.54. The van der Waals surface area contributed by atoms with Gasteiger partial charge >= 0.3 is 0 Å². The Balaban J connectivity index is 2.28. The minimum atomic E-state index is 0.358. The number of anilines is 1. The number of hydrogen-bond donors (Lipinski definition) is 1. The van der Waals surface area contributed by atoms with E-state index in [2.05, 4.69) is 4.98 Å². The zero-order valence-corrected chi connectivity index (χ0v) is 16.8. The van der Waals surface area contributed by atoms with Gasteiger partial charge in [0.05, 0.1) is 25.8 Å². The van der Waals surface area contributed by atoms with Gasteiger partial charge < -0.3 is 5.73 Å². The average molecular weight is 453 g/mol. The summed E-state index contributed by atoms with van der Waals surface area (Å²) in [5.74, 6) is 0. The van der Waals surface area contributed by atoms with Crippen LogP contribution in [0.3, 0.4) is 0 Å². The first-order valence-corrected chi connectivity index (χ1v) is 9.09. The van der Waals surface area contributed by atoms with E-state index in [-0.39, 0.29) is 0 Å². The number of halogens is 6. The fourth-order valence-corrected chi connectivity index (χ4v) is 4.51. The quantitative estimate of drug-likeness (QED) is 0.428. The summed E-state index contributed by atoms with van der Waals surface area (Å²) in [5.41, 5.74) is 8.89. The molecule has 0 saturated carbocycles. The Morgan fingerprint density at radius 3 is 1.24 bits per heavy atom. The lowest BCUT2D eigenvalue weighted by atomic mass is 9.99. The third kappa shape index (κ3) is 3.66. The van der Waals surface area contributed by atoms with Crippen molar-refractivity contribution in [3.63, 3.8) is 0 Å². The van der Waals surface area contributed by atoms with Gasteiger partial charge in [0.1, 0.15) is 0 Å². The van der Waals surface area contributed by atoms with Crippen molar-refractivity contribution < 1.29 is 0 Å². The predicted molar refractivity (Wildman–Crippen MR) is 110 cm³/mol. The topological polar surface area (TPSA) is 38.9 Å². The Hall–Kier alpha value is -0.870. The van der Waals surface area contributed by atoms with E-state index in [4.69, 9.17) is 75.3 Å². The molecule has 2 nitrogen and oxygen atoms in total. The maximum absolute atomic E-state index is 6.36. The number of nitrogens with zero attached hydrogens (tertiary/aromatic N) is 1.